The summed E-state index contributed by atoms with van der Waals surface area (Å²) < 4.78 is 0. The van der Waals surface area contributed by atoms with Gasteiger partial charge in [-0.15, -0.1) is 12.4 Å². The van der Waals surface area contributed by atoms with Crippen LogP contribution in [0.4, 0.5) is 0 Å². The van der Waals surface area contributed by atoms with Gasteiger partial charge in [0.05, 0.1) is 6.04 Å². The second kappa shape index (κ2) is 7.79. The van der Waals surface area contributed by atoms with Crippen molar-refractivity contribution in [1.29, 1.82) is 0 Å². The fraction of sp³-hybridized carbons (Fsp3) is 0.529. The van der Waals surface area contributed by atoms with Crippen LogP contribution in [-0.2, 0) is 22.6 Å². The van der Waals surface area contributed by atoms with Gasteiger partial charge in [-0.2, -0.15) is 0 Å². The van der Waals surface area contributed by atoms with Gasteiger partial charge in [0.15, 0.2) is 0 Å². The lowest BCUT2D eigenvalue weighted by Gasteiger charge is -2.30. The van der Waals surface area contributed by atoms with E-state index < -0.39 is 0 Å². The molecule has 0 aliphatic carbocycles. The lowest BCUT2D eigenvalue weighted by molar-refractivity contribution is -0.134. The van der Waals surface area contributed by atoms with Crippen LogP contribution in [0.5, 0.6) is 0 Å². The molecule has 5 nitrogen and oxygen atoms in total. The maximum absolute atomic E-state index is 12.8. The lowest BCUT2D eigenvalue weighted by atomic mass is 9.95. The van der Waals surface area contributed by atoms with Crippen LogP contribution in [-0.4, -0.2) is 53.8 Å². The SMILES string of the molecule is CC(=O)N1CCCN(C(=O)C2Cc3ccccc3CN2)CC1.Cl. The first kappa shape index (κ1) is 17.8. The van der Waals surface area contributed by atoms with E-state index in [-0.39, 0.29) is 30.3 Å². The van der Waals surface area contributed by atoms with Gasteiger partial charge < -0.3 is 15.1 Å². The Kier molecular flexibility index (Phi) is 6.02. The van der Waals surface area contributed by atoms with E-state index in [1.54, 1.807) is 6.92 Å². The normalized spacial score (nSPS) is 21.0. The molecule has 126 valence electrons. The van der Waals surface area contributed by atoms with E-state index >= 15 is 0 Å². The molecule has 1 unspecified atom stereocenters. The Morgan fingerprint density at radius 3 is 2.43 bits per heavy atom. The van der Waals surface area contributed by atoms with Gasteiger partial charge in [-0.3, -0.25) is 9.59 Å². The number of nitrogens with one attached hydrogen (secondary N) is 1. The standard InChI is InChI=1S/C17H23N3O2.ClH/c1-13(21)19-7-4-8-20(10-9-19)17(22)16-11-14-5-2-3-6-15(14)12-18-16;/h2-3,5-6,16,18H,4,7-12H2,1H3;1H. The monoisotopic (exact) mass is 337 g/mol. The second-order valence-corrected chi connectivity index (χ2v) is 6.09. The fourth-order valence-electron chi connectivity index (χ4n) is 3.30. The smallest absolute Gasteiger partial charge is 0.240 e. The quantitative estimate of drug-likeness (QED) is 0.838. The number of fused-ring (bicyclic) bond motifs is 1. The van der Waals surface area contributed by atoms with Crippen LogP contribution in [0.25, 0.3) is 0 Å². The molecule has 2 aliphatic rings. The highest BCUT2D eigenvalue weighted by molar-refractivity contribution is 5.85. The van der Waals surface area contributed by atoms with Crippen molar-refractivity contribution >= 4 is 24.2 Å². The van der Waals surface area contributed by atoms with Gasteiger partial charge in [0.1, 0.15) is 0 Å². The Balaban J connectivity index is 0.00000192. The number of carbonyl (C=O) groups excluding carboxylic acids is 2. The topological polar surface area (TPSA) is 52.7 Å². The fourth-order valence-corrected chi connectivity index (χ4v) is 3.30. The van der Waals surface area contributed by atoms with E-state index in [1.807, 2.05) is 21.9 Å². The molecule has 1 N–H and O–H groups in total. The number of halogens is 1. The predicted molar refractivity (Wildman–Crippen MR) is 91.5 cm³/mol. The summed E-state index contributed by atoms with van der Waals surface area (Å²) in [5.41, 5.74) is 2.55. The zero-order chi connectivity index (χ0) is 15.5. The predicted octanol–water partition coefficient (Wildman–Crippen LogP) is 1.20. The Labute approximate surface area is 143 Å². The van der Waals surface area contributed by atoms with Crippen LogP contribution < -0.4 is 5.32 Å². The molecule has 0 radical (unpaired) electrons. The van der Waals surface area contributed by atoms with Gasteiger partial charge in [-0.1, -0.05) is 24.3 Å². The highest BCUT2D eigenvalue weighted by Gasteiger charge is 2.29. The number of hydrogen-bond acceptors (Lipinski definition) is 3. The van der Waals surface area contributed by atoms with Crippen molar-refractivity contribution in [3.63, 3.8) is 0 Å². The Morgan fingerprint density at radius 2 is 1.70 bits per heavy atom. The third kappa shape index (κ3) is 4.03. The molecule has 3 rings (SSSR count). The second-order valence-electron chi connectivity index (χ2n) is 6.09. The van der Waals surface area contributed by atoms with Gasteiger partial charge >= 0.3 is 0 Å². The number of rotatable bonds is 1. The summed E-state index contributed by atoms with van der Waals surface area (Å²) in [6, 6.07) is 8.14. The molecule has 0 aromatic heterocycles. The molecule has 1 aromatic rings. The molecule has 23 heavy (non-hydrogen) atoms. The van der Waals surface area contributed by atoms with Crippen molar-refractivity contribution in [2.24, 2.45) is 0 Å². The molecule has 1 saturated heterocycles. The third-order valence-corrected chi connectivity index (χ3v) is 4.63. The zero-order valence-corrected chi connectivity index (χ0v) is 14.3. The number of nitrogens with zero attached hydrogens (tertiary/aromatic N) is 2. The van der Waals surface area contributed by atoms with E-state index in [4.69, 9.17) is 0 Å². The number of hydrogen-bond donors (Lipinski definition) is 1. The summed E-state index contributed by atoms with van der Waals surface area (Å²) >= 11 is 0. The first-order valence-electron chi connectivity index (χ1n) is 7.99. The minimum atomic E-state index is -0.140. The Morgan fingerprint density at radius 1 is 1.04 bits per heavy atom. The summed E-state index contributed by atoms with van der Waals surface area (Å²) in [5.74, 6) is 0.263. The number of benzene rings is 1. The molecular weight excluding hydrogens is 314 g/mol. The van der Waals surface area contributed by atoms with Crippen molar-refractivity contribution in [1.82, 2.24) is 15.1 Å². The van der Waals surface area contributed by atoms with Crippen molar-refractivity contribution < 1.29 is 9.59 Å². The molecule has 1 atom stereocenters. The summed E-state index contributed by atoms with van der Waals surface area (Å²) in [6.45, 7) is 5.11. The van der Waals surface area contributed by atoms with Crippen molar-refractivity contribution in [2.45, 2.75) is 32.4 Å². The number of amides is 2. The molecule has 2 amide bonds. The largest absolute Gasteiger partial charge is 0.341 e. The molecule has 6 heteroatoms. The highest BCUT2D eigenvalue weighted by atomic mass is 35.5. The third-order valence-electron chi connectivity index (χ3n) is 4.63. The van der Waals surface area contributed by atoms with Gasteiger partial charge in [0.25, 0.3) is 0 Å². The number of carbonyl (C=O) groups is 2. The molecule has 1 aromatic carbocycles. The maximum atomic E-state index is 12.8. The van der Waals surface area contributed by atoms with Gasteiger partial charge in [-0.25, -0.2) is 0 Å². The average molecular weight is 338 g/mol. The summed E-state index contributed by atoms with van der Waals surface area (Å²) in [4.78, 5) is 28.0. The summed E-state index contributed by atoms with van der Waals surface area (Å²) in [6.07, 6.45) is 1.61. The first-order valence-corrected chi connectivity index (χ1v) is 7.99. The van der Waals surface area contributed by atoms with E-state index in [9.17, 15) is 9.59 Å². The summed E-state index contributed by atoms with van der Waals surface area (Å²) in [7, 11) is 0. The average Bonchev–Trinajstić information content (AvgIpc) is 2.80. The van der Waals surface area contributed by atoms with Crippen molar-refractivity contribution in [3.05, 3.63) is 35.4 Å². The lowest BCUT2D eigenvalue weighted by Crippen LogP contribution is -2.50. The molecule has 2 aliphatic heterocycles. The minimum Gasteiger partial charge on any atom is -0.341 e. The van der Waals surface area contributed by atoms with E-state index in [0.717, 1.165) is 32.5 Å². The Bertz CT molecular complexity index is 579. The van der Waals surface area contributed by atoms with Gasteiger partial charge in [-0.05, 0) is 24.0 Å². The minimum absolute atomic E-state index is 0. The first-order chi connectivity index (χ1) is 10.6. The van der Waals surface area contributed by atoms with Crippen molar-refractivity contribution in [2.75, 3.05) is 26.2 Å². The molecule has 0 saturated carbocycles. The Hall–Kier alpha value is -1.59. The highest BCUT2D eigenvalue weighted by Crippen LogP contribution is 2.18. The summed E-state index contributed by atoms with van der Waals surface area (Å²) in [5, 5.41) is 3.35. The van der Waals surface area contributed by atoms with Crippen LogP contribution in [0.1, 0.15) is 24.5 Å². The zero-order valence-electron chi connectivity index (χ0n) is 13.5. The molecule has 0 spiro atoms. The van der Waals surface area contributed by atoms with E-state index in [1.165, 1.54) is 11.1 Å². The van der Waals surface area contributed by atoms with Gasteiger partial charge in [0, 0.05) is 39.6 Å². The van der Waals surface area contributed by atoms with Crippen LogP contribution in [0.15, 0.2) is 24.3 Å². The molecule has 0 bridgehead atoms. The molecular formula is C17H24ClN3O2. The van der Waals surface area contributed by atoms with Crippen molar-refractivity contribution in [3.8, 4) is 0 Å². The maximum Gasteiger partial charge on any atom is 0.240 e. The van der Waals surface area contributed by atoms with Crippen LogP contribution in [0, 0.1) is 0 Å². The van der Waals surface area contributed by atoms with Crippen LogP contribution >= 0.6 is 12.4 Å². The van der Waals surface area contributed by atoms with Crippen LogP contribution in [0.2, 0.25) is 0 Å². The van der Waals surface area contributed by atoms with Gasteiger partial charge in [0.2, 0.25) is 11.8 Å². The van der Waals surface area contributed by atoms with E-state index in [0.29, 0.717) is 13.1 Å². The van der Waals surface area contributed by atoms with E-state index in [2.05, 4.69) is 17.4 Å². The molecule has 2 heterocycles. The van der Waals surface area contributed by atoms with Crippen LogP contribution in [0.3, 0.4) is 0 Å². The molecule has 1 fully saturated rings.